The van der Waals surface area contributed by atoms with Gasteiger partial charge in [0, 0.05) is 5.56 Å². The molecule has 0 aromatic heterocycles. The van der Waals surface area contributed by atoms with Gasteiger partial charge in [0.25, 0.3) is 5.91 Å². The lowest BCUT2D eigenvalue weighted by molar-refractivity contribution is 0.0916. The Balaban J connectivity index is 1.85. The Morgan fingerprint density at radius 3 is 2.32 bits per heavy atom. The third kappa shape index (κ3) is 3.00. The Hall–Kier alpha value is -2.65. The molecule has 3 aromatic rings. The van der Waals surface area contributed by atoms with Gasteiger partial charge in [-0.3, -0.25) is 4.79 Å². The summed E-state index contributed by atoms with van der Waals surface area (Å²) >= 11 is 0. The van der Waals surface area contributed by atoms with Crippen LogP contribution in [-0.4, -0.2) is 17.6 Å². The predicted molar refractivity (Wildman–Crippen MR) is 87.7 cm³/mol. The van der Waals surface area contributed by atoms with Crippen molar-refractivity contribution in [1.82, 2.24) is 5.32 Å². The predicted octanol–water partition coefficient (Wildman–Crippen LogP) is 3.30. The van der Waals surface area contributed by atoms with Crippen LogP contribution in [0, 0.1) is 0 Å². The molecule has 3 aromatic carbocycles. The summed E-state index contributed by atoms with van der Waals surface area (Å²) in [6.45, 7) is -0.142. The second-order valence-corrected chi connectivity index (χ2v) is 5.18. The van der Waals surface area contributed by atoms with E-state index in [0.717, 1.165) is 16.3 Å². The molecule has 0 spiro atoms. The second kappa shape index (κ2) is 6.41. The number of benzene rings is 3. The highest BCUT2D eigenvalue weighted by molar-refractivity contribution is 5.94. The fraction of sp³-hybridized carbons (Fsp3) is 0.105. The van der Waals surface area contributed by atoms with Gasteiger partial charge in [0.1, 0.15) is 0 Å². The van der Waals surface area contributed by atoms with Crippen LogP contribution in [0.4, 0.5) is 0 Å². The molecule has 110 valence electrons. The topological polar surface area (TPSA) is 49.3 Å². The minimum absolute atomic E-state index is 0.142. The summed E-state index contributed by atoms with van der Waals surface area (Å²) < 4.78 is 0. The molecule has 0 unspecified atom stereocenters. The summed E-state index contributed by atoms with van der Waals surface area (Å²) in [4.78, 5) is 12.2. The van der Waals surface area contributed by atoms with Gasteiger partial charge in [-0.1, -0.05) is 54.6 Å². The van der Waals surface area contributed by atoms with E-state index in [1.807, 2.05) is 60.7 Å². The third-order valence-corrected chi connectivity index (χ3v) is 3.70. The zero-order chi connectivity index (χ0) is 15.4. The van der Waals surface area contributed by atoms with Crippen LogP contribution in [0.1, 0.15) is 22.0 Å². The normalized spacial score (nSPS) is 12.0. The highest BCUT2D eigenvalue weighted by Gasteiger charge is 2.15. The lowest BCUT2D eigenvalue weighted by atomic mass is 10.0. The number of carbonyl (C=O) groups is 1. The van der Waals surface area contributed by atoms with Gasteiger partial charge in [-0.25, -0.2) is 0 Å². The highest BCUT2D eigenvalue weighted by Crippen LogP contribution is 2.20. The van der Waals surface area contributed by atoms with Gasteiger partial charge in [0.2, 0.25) is 0 Å². The first-order valence-electron chi connectivity index (χ1n) is 7.23. The molecule has 22 heavy (non-hydrogen) atoms. The molecule has 0 bridgehead atoms. The van der Waals surface area contributed by atoms with Crippen LogP contribution in [0.15, 0.2) is 72.8 Å². The van der Waals surface area contributed by atoms with Gasteiger partial charge in [-0.15, -0.1) is 0 Å². The smallest absolute Gasteiger partial charge is 0.251 e. The molecule has 0 saturated carbocycles. The van der Waals surface area contributed by atoms with E-state index in [0.29, 0.717) is 5.56 Å². The van der Waals surface area contributed by atoms with E-state index in [1.54, 1.807) is 12.1 Å². The molecular formula is C19H17NO2. The summed E-state index contributed by atoms with van der Waals surface area (Å²) in [6, 6.07) is 22.6. The average molecular weight is 291 g/mol. The molecule has 3 nitrogen and oxygen atoms in total. The zero-order valence-corrected chi connectivity index (χ0v) is 12.1. The van der Waals surface area contributed by atoms with Gasteiger partial charge < -0.3 is 10.4 Å². The molecule has 0 saturated heterocycles. The second-order valence-electron chi connectivity index (χ2n) is 5.18. The maximum atomic E-state index is 12.2. The molecule has 3 rings (SSSR count). The summed E-state index contributed by atoms with van der Waals surface area (Å²) in [5.41, 5.74) is 1.48. The van der Waals surface area contributed by atoms with Crippen molar-refractivity contribution in [3.63, 3.8) is 0 Å². The molecular weight excluding hydrogens is 274 g/mol. The third-order valence-electron chi connectivity index (χ3n) is 3.70. The van der Waals surface area contributed by atoms with E-state index in [2.05, 4.69) is 5.32 Å². The SMILES string of the molecule is O=C(N[C@@H](CO)c1ccc2ccccc2c1)c1ccccc1. The lowest BCUT2D eigenvalue weighted by Gasteiger charge is -2.17. The number of hydrogen-bond donors (Lipinski definition) is 2. The zero-order valence-electron chi connectivity index (χ0n) is 12.1. The van der Waals surface area contributed by atoms with Crippen molar-refractivity contribution in [2.45, 2.75) is 6.04 Å². The quantitative estimate of drug-likeness (QED) is 0.775. The van der Waals surface area contributed by atoms with Crippen LogP contribution >= 0.6 is 0 Å². The van der Waals surface area contributed by atoms with Crippen LogP contribution in [0.3, 0.4) is 0 Å². The molecule has 0 fully saturated rings. The van der Waals surface area contributed by atoms with Gasteiger partial charge in [-0.2, -0.15) is 0 Å². The fourth-order valence-electron chi connectivity index (χ4n) is 2.49. The average Bonchev–Trinajstić information content (AvgIpc) is 2.59. The Morgan fingerprint density at radius 1 is 0.909 bits per heavy atom. The van der Waals surface area contributed by atoms with E-state index in [4.69, 9.17) is 0 Å². The number of amides is 1. The maximum absolute atomic E-state index is 12.2. The molecule has 0 aliphatic rings. The molecule has 1 amide bonds. The van der Waals surface area contributed by atoms with Crippen molar-refractivity contribution in [2.75, 3.05) is 6.61 Å². The van der Waals surface area contributed by atoms with Gasteiger partial charge in [0.15, 0.2) is 0 Å². The number of carbonyl (C=O) groups excluding carboxylic acids is 1. The summed E-state index contributed by atoms with van der Waals surface area (Å²) in [5.74, 6) is -0.187. The fourth-order valence-corrected chi connectivity index (χ4v) is 2.49. The van der Waals surface area contributed by atoms with E-state index in [9.17, 15) is 9.90 Å². The van der Waals surface area contributed by atoms with Crippen LogP contribution in [0.2, 0.25) is 0 Å². The van der Waals surface area contributed by atoms with E-state index >= 15 is 0 Å². The molecule has 3 heteroatoms. The van der Waals surface area contributed by atoms with E-state index in [1.165, 1.54) is 0 Å². The van der Waals surface area contributed by atoms with Crippen molar-refractivity contribution >= 4 is 16.7 Å². The number of rotatable bonds is 4. The van der Waals surface area contributed by atoms with Crippen molar-refractivity contribution < 1.29 is 9.90 Å². The molecule has 0 heterocycles. The number of nitrogens with one attached hydrogen (secondary N) is 1. The maximum Gasteiger partial charge on any atom is 0.251 e. The highest BCUT2D eigenvalue weighted by atomic mass is 16.3. The summed E-state index contributed by atoms with van der Waals surface area (Å²) in [6.07, 6.45) is 0. The first-order chi connectivity index (χ1) is 10.8. The minimum Gasteiger partial charge on any atom is -0.394 e. The summed E-state index contributed by atoms with van der Waals surface area (Å²) in [5, 5.41) is 14.7. The Bertz CT molecular complexity index is 784. The number of fused-ring (bicyclic) bond motifs is 1. The van der Waals surface area contributed by atoms with E-state index in [-0.39, 0.29) is 12.5 Å². The van der Waals surface area contributed by atoms with Crippen LogP contribution in [0.5, 0.6) is 0 Å². The lowest BCUT2D eigenvalue weighted by Crippen LogP contribution is -2.30. The number of aliphatic hydroxyl groups is 1. The van der Waals surface area contributed by atoms with Crippen molar-refractivity contribution in [3.8, 4) is 0 Å². The molecule has 0 aliphatic carbocycles. The van der Waals surface area contributed by atoms with Gasteiger partial charge in [0.05, 0.1) is 12.6 Å². The minimum atomic E-state index is -0.419. The number of aliphatic hydroxyl groups excluding tert-OH is 1. The van der Waals surface area contributed by atoms with Crippen molar-refractivity contribution in [1.29, 1.82) is 0 Å². The first kappa shape index (κ1) is 14.3. The van der Waals surface area contributed by atoms with Gasteiger partial charge >= 0.3 is 0 Å². The summed E-state index contributed by atoms with van der Waals surface area (Å²) in [7, 11) is 0. The van der Waals surface area contributed by atoms with Crippen molar-refractivity contribution in [3.05, 3.63) is 83.9 Å². The monoisotopic (exact) mass is 291 g/mol. The first-order valence-corrected chi connectivity index (χ1v) is 7.23. The molecule has 0 radical (unpaired) electrons. The van der Waals surface area contributed by atoms with Crippen molar-refractivity contribution in [2.24, 2.45) is 0 Å². The van der Waals surface area contributed by atoms with Gasteiger partial charge in [-0.05, 0) is 34.5 Å². The molecule has 1 atom stereocenters. The Kier molecular flexibility index (Phi) is 4.17. The van der Waals surface area contributed by atoms with Crippen LogP contribution in [0.25, 0.3) is 10.8 Å². The molecule has 2 N–H and O–H groups in total. The standard InChI is InChI=1S/C19H17NO2/c21-13-18(20-19(22)15-7-2-1-3-8-15)17-11-10-14-6-4-5-9-16(14)12-17/h1-12,18,21H,13H2,(H,20,22)/t18-/m0/s1. The Labute approximate surface area is 129 Å². The largest absolute Gasteiger partial charge is 0.394 e. The van der Waals surface area contributed by atoms with Crippen LogP contribution < -0.4 is 5.32 Å². The molecule has 0 aliphatic heterocycles. The number of hydrogen-bond acceptors (Lipinski definition) is 2. The Morgan fingerprint density at radius 2 is 1.59 bits per heavy atom. The van der Waals surface area contributed by atoms with E-state index < -0.39 is 6.04 Å². The van der Waals surface area contributed by atoms with Crippen LogP contribution in [-0.2, 0) is 0 Å².